The summed E-state index contributed by atoms with van der Waals surface area (Å²) in [4.78, 5) is 69.7. The van der Waals surface area contributed by atoms with Gasteiger partial charge in [-0.2, -0.15) is 0 Å². The van der Waals surface area contributed by atoms with Crippen LogP contribution in [0.2, 0.25) is 16.6 Å². The van der Waals surface area contributed by atoms with Crippen LogP contribution in [0.25, 0.3) is 0 Å². The SMILES string of the molecule is C=CCO[C@H]1[C@H](O[C@H]2[C@@H](OCc3ccccc3)[C@@H](COC(C)=O)OC(OC(C)=O)[C@@H]2N2C(=O)c3ccccc3C2=O)O[C@H](C(=O)OC)[C@@H](O[Si](C(C)C)(C(C)C)C(C)C)[C@@H]1OCc1ccccc1. The lowest BCUT2D eigenvalue weighted by molar-refractivity contribution is -0.351. The molecule has 10 atom stereocenters. The molecule has 3 aliphatic heterocycles. The van der Waals surface area contributed by atoms with Gasteiger partial charge in [-0.05, 0) is 39.9 Å². The maximum atomic E-state index is 14.5. The number of rotatable bonds is 21. The van der Waals surface area contributed by atoms with Gasteiger partial charge in [0.05, 0.1) is 38.1 Å². The minimum atomic E-state index is -2.86. The molecule has 3 aliphatic rings. The Hall–Kier alpha value is -5.11. The zero-order chi connectivity index (χ0) is 49.3. The van der Waals surface area contributed by atoms with Crippen LogP contribution in [-0.2, 0) is 74.7 Å². The Bertz CT molecular complexity index is 2150. The van der Waals surface area contributed by atoms with Crippen LogP contribution in [0.4, 0.5) is 0 Å². The molecule has 68 heavy (non-hydrogen) atoms. The molecule has 16 nitrogen and oxygen atoms in total. The van der Waals surface area contributed by atoms with Crippen LogP contribution in [0.1, 0.15) is 87.2 Å². The third-order valence-electron chi connectivity index (χ3n) is 12.7. The van der Waals surface area contributed by atoms with Gasteiger partial charge in [0, 0.05) is 13.8 Å². The normalized spacial score (nSPS) is 26.2. The van der Waals surface area contributed by atoms with Gasteiger partial charge in [0.25, 0.3) is 11.8 Å². The van der Waals surface area contributed by atoms with E-state index in [4.69, 9.17) is 47.1 Å². The molecule has 3 aromatic rings. The molecule has 3 heterocycles. The predicted octanol–water partition coefficient (Wildman–Crippen LogP) is 7.09. The molecule has 2 amide bonds. The number of nitrogens with zero attached hydrogens (tertiary/aromatic N) is 1. The van der Waals surface area contributed by atoms with Crippen LogP contribution in [0.3, 0.4) is 0 Å². The molecule has 368 valence electrons. The first-order chi connectivity index (χ1) is 32.5. The summed E-state index contributed by atoms with van der Waals surface area (Å²) in [7, 11) is -1.62. The second kappa shape index (κ2) is 23.5. The first-order valence-electron chi connectivity index (χ1n) is 23.1. The van der Waals surface area contributed by atoms with Crippen LogP contribution in [0, 0.1) is 0 Å². The molecule has 0 N–H and O–H groups in total. The van der Waals surface area contributed by atoms with Crippen LogP contribution in [0.15, 0.2) is 97.6 Å². The molecule has 1 unspecified atom stereocenters. The minimum Gasteiger partial charge on any atom is -0.467 e. The summed E-state index contributed by atoms with van der Waals surface area (Å²) in [5.74, 6) is -3.71. The predicted molar refractivity (Wildman–Crippen MR) is 249 cm³/mol. The van der Waals surface area contributed by atoms with Crippen molar-refractivity contribution in [3.8, 4) is 0 Å². The number of fused-ring (bicyclic) bond motifs is 1. The fourth-order valence-corrected chi connectivity index (χ4v) is 15.4. The number of hydrogen-bond acceptors (Lipinski definition) is 15. The highest BCUT2D eigenvalue weighted by molar-refractivity contribution is 6.77. The second-order valence-electron chi connectivity index (χ2n) is 18.0. The number of ether oxygens (including phenoxy) is 9. The van der Waals surface area contributed by atoms with E-state index in [1.165, 1.54) is 32.2 Å². The molecule has 0 saturated carbocycles. The largest absolute Gasteiger partial charge is 0.467 e. The Balaban J connectivity index is 1.56. The molecule has 0 aliphatic carbocycles. The Labute approximate surface area is 399 Å². The Morgan fingerprint density at radius 2 is 1.21 bits per heavy atom. The number of carbonyl (C=O) groups excluding carboxylic acids is 5. The summed E-state index contributed by atoms with van der Waals surface area (Å²) < 4.78 is 64.8. The summed E-state index contributed by atoms with van der Waals surface area (Å²) in [6.07, 6.45) is -10.8. The highest BCUT2D eigenvalue weighted by atomic mass is 28.4. The van der Waals surface area contributed by atoms with Crippen molar-refractivity contribution in [3.05, 3.63) is 120 Å². The lowest BCUT2D eigenvalue weighted by Crippen LogP contribution is -2.70. The lowest BCUT2D eigenvalue weighted by Gasteiger charge is -2.53. The van der Waals surface area contributed by atoms with E-state index in [2.05, 4.69) is 48.1 Å². The Kier molecular flexibility index (Phi) is 18.0. The average molecular weight is 960 g/mol. The fourth-order valence-electron chi connectivity index (χ4n) is 9.83. The molecule has 6 rings (SSSR count). The van der Waals surface area contributed by atoms with Gasteiger partial charge in [0.1, 0.15) is 49.3 Å². The number of imide groups is 1. The molecule has 17 heteroatoms. The van der Waals surface area contributed by atoms with Crippen molar-refractivity contribution in [2.45, 2.75) is 147 Å². The summed E-state index contributed by atoms with van der Waals surface area (Å²) in [6.45, 7) is 18.5. The Morgan fingerprint density at radius 1 is 0.676 bits per heavy atom. The zero-order valence-electron chi connectivity index (χ0n) is 40.3. The molecule has 2 fully saturated rings. The molecule has 2 saturated heterocycles. The van der Waals surface area contributed by atoms with Crippen molar-refractivity contribution in [2.24, 2.45) is 0 Å². The van der Waals surface area contributed by atoms with Gasteiger partial charge in [-0.25, -0.2) is 4.79 Å². The number of esters is 3. The molecule has 3 aromatic carbocycles. The first kappa shape index (κ1) is 52.3. The summed E-state index contributed by atoms with van der Waals surface area (Å²) >= 11 is 0. The van der Waals surface area contributed by atoms with E-state index in [9.17, 15) is 24.0 Å². The second-order valence-corrected chi connectivity index (χ2v) is 23.4. The van der Waals surface area contributed by atoms with Crippen molar-refractivity contribution in [2.75, 3.05) is 20.3 Å². The maximum Gasteiger partial charge on any atom is 0.337 e. The quantitative estimate of drug-likeness (QED) is 0.0347. The van der Waals surface area contributed by atoms with Gasteiger partial charge < -0.3 is 47.1 Å². The molecular formula is C51H65NO15Si. The molecule has 0 aromatic heterocycles. The van der Waals surface area contributed by atoms with E-state index >= 15 is 0 Å². The first-order valence-corrected chi connectivity index (χ1v) is 25.2. The van der Waals surface area contributed by atoms with Crippen LogP contribution >= 0.6 is 0 Å². The standard InChI is InChI=1S/C51H65NO15Si/c1-11-26-59-46-43(62-28-36-22-16-13-17-23-36)44(67-68(30(2)3,31(4)5)32(6)7)45(49(57)58-10)66-51(46)65-42-40(52-47(55)37-24-18-19-25-38(37)48(52)56)50(63-34(9)54)64-39(29-60-33(8)53)41(42)61-27-35-20-14-12-15-21-35/h11-25,30-32,39-46,50-51H,1,26-29H2,2-10H3/t39-,40-,41+,42-,43+,44+,45+,46-,50?,51-/m1/s1. The monoisotopic (exact) mass is 959 g/mol. The molecule has 0 radical (unpaired) electrons. The summed E-state index contributed by atoms with van der Waals surface area (Å²) in [5, 5.41) is 0. The van der Waals surface area contributed by atoms with Gasteiger partial charge in [-0.15, -0.1) is 6.58 Å². The van der Waals surface area contributed by atoms with Crippen LogP contribution in [0.5, 0.6) is 0 Å². The zero-order valence-corrected chi connectivity index (χ0v) is 41.3. The number of methoxy groups -OCH3 is 1. The molecular weight excluding hydrogens is 895 g/mol. The van der Waals surface area contributed by atoms with Crippen molar-refractivity contribution < 1.29 is 71.0 Å². The van der Waals surface area contributed by atoms with Gasteiger partial charge in [-0.3, -0.25) is 24.1 Å². The summed E-state index contributed by atoms with van der Waals surface area (Å²) in [5.41, 5.74) is 1.92. The molecule has 0 bridgehead atoms. The van der Waals surface area contributed by atoms with Gasteiger partial charge in [0.15, 0.2) is 12.4 Å². The number of benzene rings is 3. The third kappa shape index (κ3) is 11.5. The van der Waals surface area contributed by atoms with Crippen molar-refractivity contribution in [1.82, 2.24) is 4.90 Å². The minimum absolute atomic E-state index is 0.0511. The van der Waals surface area contributed by atoms with Crippen LogP contribution in [-0.4, -0.2) is 125 Å². The topological polar surface area (TPSA) is 181 Å². The van der Waals surface area contributed by atoms with Gasteiger partial charge in [0.2, 0.25) is 14.6 Å². The number of hydrogen-bond donors (Lipinski definition) is 0. The van der Waals surface area contributed by atoms with E-state index in [1.807, 2.05) is 60.7 Å². The highest BCUT2D eigenvalue weighted by Crippen LogP contribution is 2.46. The van der Waals surface area contributed by atoms with E-state index < -0.39 is 106 Å². The van der Waals surface area contributed by atoms with E-state index in [1.54, 1.807) is 12.1 Å². The molecule has 0 spiro atoms. The lowest BCUT2D eigenvalue weighted by atomic mass is 9.93. The van der Waals surface area contributed by atoms with E-state index in [-0.39, 0.29) is 47.6 Å². The van der Waals surface area contributed by atoms with Crippen molar-refractivity contribution >= 4 is 38.0 Å². The highest BCUT2D eigenvalue weighted by Gasteiger charge is 2.61. The summed E-state index contributed by atoms with van der Waals surface area (Å²) in [6, 6.07) is 23.3. The Morgan fingerprint density at radius 3 is 1.69 bits per heavy atom. The average Bonchev–Trinajstić information content (AvgIpc) is 3.56. The van der Waals surface area contributed by atoms with Crippen molar-refractivity contribution in [1.29, 1.82) is 0 Å². The van der Waals surface area contributed by atoms with Gasteiger partial charge in [-0.1, -0.05) is 120 Å². The van der Waals surface area contributed by atoms with E-state index in [0.717, 1.165) is 23.0 Å². The fraction of sp³-hybridized carbons (Fsp3) is 0.510. The van der Waals surface area contributed by atoms with Gasteiger partial charge >= 0.3 is 17.9 Å². The third-order valence-corrected chi connectivity index (χ3v) is 18.8. The van der Waals surface area contributed by atoms with Crippen LogP contribution < -0.4 is 0 Å². The maximum absolute atomic E-state index is 14.5. The van der Waals surface area contributed by atoms with Crippen molar-refractivity contribution in [3.63, 3.8) is 0 Å². The van der Waals surface area contributed by atoms with E-state index in [0.29, 0.717) is 0 Å². The number of amides is 2. The smallest absolute Gasteiger partial charge is 0.337 e. The number of carbonyl (C=O) groups is 5.